The third kappa shape index (κ3) is 3.31. The predicted octanol–water partition coefficient (Wildman–Crippen LogP) is 3.55. The van der Waals surface area contributed by atoms with E-state index in [1.807, 2.05) is 63.4 Å². The van der Waals surface area contributed by atoms with Crippen LogP contribution < -0.4 is 10.9 Å². The van der Waals surface area contributed by atoms with Gasteiger partial charge in [-0.3, -0.25) is 4.79 Å². The molecule has 2 N–H and O–H groups in total. The standard InChI is InChI=1S/C21H22N4O/c1-4-14-10-15-8-9-16(11-18(15)25-20(14)26)21(2,13-22)12-17-6-5-7-19(23-3)24-17/h5-11H,4,12H2,1-3H3,(H,23,24)(H,25,26). The zero-order chi connectivity index (χ0) is 18.7. The fourth-order valence-electron chi connectivity index (χ4n) is 3.14. The van der Waals surface area contributed by atoms with E-state index in [-0.39, 0.29) is 5.56 Å². The van der Waals surface area contributed by atoms with Crippen molar-refractivity contribution in [3.63, 3.8) is 0 Å². The Labute approximate surface area is 152 Å². The van der Waals surface area contributed by atoms with Gasteiger partial charge in [0.1, 0.15) is 5.82 Å². The summed E-state index contributed by atoms with van der Waals surface area (Å²) < 4.78 is 0. The van der Waals surface area contributed by atoms with Gasteiger partial charge in [0.05, 0.1) is 11.5 Å². The third-order valence-corrected chi connectivity index (χ3v) is 4.79. The molecule has 0 aliphatic heterocycles. The summed E-state index contributed by atoms with van der Waals surface area (Å²) in [4.78, 5) is 19.6. The molecule has 0 spiro atoms. The lowest BCUT2D eigenvalue weighted by molar-refractivity contribution is 0.597. The van der Waals surface area contributed by atoms with E-state index < -0.39 is 5.41 Å². The number of hydrogen-bond donors (Lipinski definition) is 2. The molecule has 1 aromatic carbocycles. The first-order valence-electron chi connectivity index (χ1n) is 8.70. The van der Waals surface area contributed by atoms with Crippen LogP contribution in [0.5, 0.6) is 0 Å². The highest BCUT2D eigenvalue weighted by molar-refractivity contribution is 5.80. The van der Waals surface area contributed by atoms with Crippen LogP contribution in [-0.4, -0.2) is 17.0 Å². The smallest absolute Gasteiger partial charge is 0.251 e. The fourth-order valence-corrected chi connectivity index (χ4v) is 3.14. The van der Waals surface area contributed by atoms with Crippen LogP contribution >= 0.6 is 0 Å². The Kier molecular flexibility index (Phi) is 4.77. The van der Waals surface area contributed by atoms with Crippen LogP contribution in [0.4, 0.5) is 5.82 Å². The molecule has 0 bridgehead atoms. The number of benzene rings is 1. The van der Waals surface area contributed by atoms with E-state index in [2.05, 4.69) is 21.4 Å². The van der Waals surface area contributed by atoms with Crippen molar-refractivity contribution in [2.24, 2.45) is 0 Å². The molecule has 0 saturated carbocycles. The first-order chi connectivity index (χ1) is 12.5. The molecule has 5 nitrogen and oxygen atoms in total. The summed E-state index contributed by atoms with van der Waals surface area (Å²) in [7, 11) is 1.82. The first kappa shape index (κ1) is 17.7. The summed E-state index contributed by atoms with van der Waals surface area (Å²) >= 11 is 0. The van der Waals surface area contributed by atoms with Crippen molar-refractivity contribution in [2.75, 3.05) is 12.4 Å². The molecule has 1 atom stereocenters. The summed E-state index contributed by atoms with van der Waals surface area (Å²) in [5.74, 6) is 0.776. The molecule has 1 unspecified atom stereocenters. The monoisotopic (exact) mass is 346 g/mol. The summed E-state index contributed by atoms with van der Waals surface area (Å²) in [6.45, 7) is 3.87. The minimum atomic E-state index is -0.742. The Morgan fingerprint density at radius 1 is 1.27 bits per heavy atom. The number of hydrogen-bond acceptors (Lipinski definition) is 4. The van der Waals surface area contributed by atoms with Crippen molar-refractivity contribution >= 4 is 16.7 Å². The summed E-state index contributed by atoms with van der Waals surface area (Å²) in [6.07, 6.45) is 1.18. The Bertz CT molecular complexity index is 1050. The van der Waals surface area contributed by atoms with E-state index >= 15 is 0 Å². The van der Waals surface area contributed by atoms with Crippen LogP contribution in [0, 0.1) is 11.3 Å². The number of fused-ring (bicyclic) bond motifs is 1. The van der Waals surface area contributed by atoms with E-state index in [4.69, 9.17) is 0 Å². The molecule has 0 aliphatic rings. The molecule has 0 aliphatic carbocycles. The highest BCUT2D eigenvalue weighted by Crippen LogP contribution is 2.29. The fraction of sp³-hybridized carbons (Fsp3) is 0.286. The van der Waals surface area contributed by atoms with Gasteiger partial charge in [0.25, 0.3) is 5.56 Å². The molecule has 26 heavy (non-hydrogen) atoms. The van der Waals surface area contributed by atoms with E-state index in [0.717, 1.165) is 33.5 Å². The van der Waals surface area contributed by atoms with Gasteiger partial charge < -0.3 is 10.3 Å². The third-order valence-electron chi connectivity index (χ3n) is 4.79. The number of H-pyrrole nitrogens is 1. The zero-order valence-electron chi connectivity index (χ0n) is 15.3. The molecule has 3 rings (SSSR count). The molecule has 5 heteroatoms. The Hall–Kier alpha value is -3.13. The van der Waals surface area contributed by atoms with Gasteiger partial charge in [0.2, 0.25) is 0 Å². The molecule has 0 amide bonds. The van der Waals surface area contributed by atoms with Gasteiger partial charge in [-0.1, -0.05) is 25.1 Å². The van der Waals surface area contributed by atoms with Gasteiger partial charge in [-0.25, -0.2) is 4.98 Å². The van der Waals surface area contributed by atoms with Gasteiger partial charge >= 0.3 is 0 Å². The number of aromatic nitrogens is 2. The van der Waals surface area contributed by atoms with Crippen LogP contribution in [0.1, 0.15) is 30.7 Å². The highest BCUT2D eigenvalue weighted by atomic mass is 16.1. The number of nitrogens with zero attached hydrogens (tertiary/aromatic N) is 2. The maximum atomic E-state index is 12.1. The molecule has 2 aromatic heterocycles. The lowest BCUT2D eigenvalue weighted by Gasteiger charge is -2.22. The SMILES string of the molecule is CCc1cc2ccc(C(C)(C#N)Cc3cccc(NC)n3)cc2[nH]c1=O. The van der Waals surface area contributed by atoms with E-state index in [1.54, 1.807) is 0 Å². The van der Waals surface area contributed by atoms with Crippen LogP contribution in [0.15, 0.2) is 47.3 Å². The average molecular weight is 346 g/mol. The normalized spacial score (nSPS) is 13.2. The average Bonchev–Trinajstić information content (AvgIpc) is 2.67. The number of pyridine rings is 2. The number of aryl methyl sites for hydroxylation is 1. The predicted molar refractivity (Wildman–Crippen MR) is 104 cm³/mol. The van der Waals surface area contributed by atoms with Gasteiger partial charge in [0, 0.05) is 30.2 Å². The van der Waals surface area contributed by atoms with Gasteiger partial charge in [-0.2, -0.15) is 5.26 Å². The highest BCUT2D eigenvalue weighted by Gasteiger charge is 2.28. The summed E-state index contributed by atoms with van der Waals surface area (Å²) in [5, 5.41) is 13.9. The summed E-state index contributed by atoms with van der Waals surface area (Å²) in [6, 6.07) is 15.9. The van der Waals surface area contributed by atoms with E-state index in [0.29, 0.717) is 12.8 Å². The maximum absolute atomic E-state index is 12.1. The van der Waals surface area contributed by atoms with Crippen LogP contribution in [0.3, 0.4) is 0 Å². The zero-order valence-corrected chi connectivity index (χ0v) is 15.3. The number of aromatic amines is 1. The van der Waals surface area contributed by atoms with Gasteiger partial charge in [-0.05, 0) is 48.6 Å². The quantitative estimate of drug-likeness (QED) is 0.740. The van der Waals surface area contributed by atoms with Crippen molar-refractivity contribution in [2.45, 2.75) is 32.1 Å². The lowest BCUT2D eigenvalue weighted by Crippen LogP contribution is -2.24. The second-order valence-corrected chi connectivity index (χ2v) is 6.66. The van der Waals surface area contributed by atoms with Crippen LogP contribution in [0.2, 0.25) is 0 Å². The molecule has 2 heterocycles. The number of nitriles is 1. The maximum Gasteiger partial charge on any atom is 0.251 e. The van der Waals surface area contributed by atoms with Gasteiger partial charge in [0.15, 0.2) is 0 Å². The molecule has 0 radical (unpaired) electrons. The van der Waals surface area contributed by atoms with Gasteiger partial charge in [-0.15, -0.1) is 0 Å². The Morgan fingerprint density at radius 2 is 2.08 bits per heavy atom. The van der Waals surface area contributed by atoms with Crippen molar-refractivity contribution < 1.29 is 0 Å². The van der Waals surface area contributed by atoms with E-state index in [1.165, 1.54) is 0 Å². The van der Waals surface area contributed by atoms with Crippen LogP contribution in [0.25, 0.3) is 10.9 Å². The van der Waals surface area contributed by atoms with Crippen molar-refractivity contribution in [1.82, 2.24) is 9.97 Å². The van der Waals surface area contributed by atoms with Crippen LogP contribution in [-0.2, 0) is 18.3 Å². The molecule has 0 saturated heterocycles. The molecule has 0 fully saturated rings. The Balaban J connectivity index is 2.03. The second-order valence-electron chi connectivity index (χ2n) is 6.66. The second kappa shape index (κ2) is 7.01. The molecule has 132 valence electrons. The minimum absolute atomic E-state index is 0.0702. The first-order valence-corrected chi connectivity index (χ1v) is 8.70. The summed E-state index contributed by atoms with van der Waals surface area (Å²) in [5.41, 5.74) is 2.41. The topological polar surface area (TPSA) is 81.6 Å². The van der Waals surface area contributed by atoms with Crippen molar-refractivity contribution in [3.05, 3.63) is 69.6 Å². The number of anilines is 1. The number of nitrogens with one attached hydrogen (secondary N) is 2. The Morgan fingerprint density at radius 3 is 2.77 bits per heavy atom. The van der Waals surface area contributed by atoms with E-state index in [9.17, 15) is 10.1 Å². The number of rotatable bonds is 5. The minimum Gasteiger partial charge on any atom is -0.373 e. The molecular weight excluding hydrogens is 324 g/mol. The van der Waals surface area contributed by atoms with Crippen molar-refractivity contribution in [1.29, 1.82) is 5.26 Å². The lowest BCUT2D eigenvalue weighted by atomic mass is 9.79. The molecule has 3 aromatic rings. The van der Waals surface area contributed by atoms with Crippen molar-refractivity contribution in [3.8, 4) is 6.07 Å². The largest absolute Gasteiger partial charge is 0.373 e. The molecular formula is C21H22N4O.